The van der Waals surface area contributed by atoms with Crippen molar-refractivity contribution >= 4 is 24.5 Å². The number of hydrogen-bond acceptors (Lipinski definition) is 4. The Morgan fingerprint density at radius 1 is 1.43 bits per heavy atom. The van der Waals surface area contributed by atoms with Gasteiger partial charge in [0.05, 0.1) is 12.2 Å². The average Bonchev–Trinajstić information content (AvgIpc) is 2.77. The number of carbonyl (C=O) groups excluding carboxylic acids is 1. The summed E-state index contributed by atoms with van der Waals surface area (Å²) in [6.45, 7) is 3.34. The first-order valence-electron chi connectivity index (χ1n) is 6.47. The van der Waals surface area contributed by atoms with Crippen molar-refractivity contribution in [2.75, 3.05) is 0 Å². The minimum Gasteiger partial charge on any atom is -0.480 e. The monoisotopic (exact) mass is 295 g/mol. The Bertz CT molecular complexity index is 592. The van der Waals surface area contributed by atoms with Gasteiger partial charge in [0.2, 0.25) is 0 Å². The highest BCUT2D eigenvalue weighted by atomic mass is 19.1. The number of nitrogens with one attached hydrogen (secondary N) is 1. The number of benzene rings is 1. The normalized spacial score (nSPS) is 15.0. The molecule has 1 aliphatic heterocycles. The smallest absolute Gasteiger partial charge is 0.480 e. The summed E-state index contributed by atoms with van der Waals surface area (Å²) >= 11 is 0. The van der Waals surface area contributed by atoms with E-state index in [4.69, 9.17) is 9.76 Å². The van der Waals surface area contributed by atoms with Crippen molar-refractivity contribution in [3.63, 3.8) is 0 Å². The van der Waals surface area contributed by atoms with Crippen LogP contribution in [0.25, 0.3) is 0 Å². The molecule has 0 saturated heterocycles. The van der Waals surface area contributed by atoms with E-state index in [1.807, 2.05) is 0 Å². The molecule has 1 heterocycles. The molecule has 0 radical (unpaired) electrons. The van der Waals surface area contributed by atoms with Gasteiger partial charge in [0.1, 0.15) is 11.9 Å². The van der Waals surface area contributed by atoms with Crippen LogP contribution in [0.5, 0.6) is 0 Å². The number of aliphatic carboxylic acids is 1. The van der Waals surface area contributed by atoms with Crippen molar-refractivity contribution in [3.05, 3.63) is 29.1 Å². The molecule has 1 unspecified atom stereocenters. The standard InChI is InChI=1S/C13H15BFNO5/c1-6(2)11(13(18)19)16-12(17)8-4-3-7-5-21-14(20)9(7)10(8)15/h3-4,6,11,20H,5H2,1-2H3,(H,16,17)(H,18,19). The lowest BCUT2D eigenvalue weighted by molar-refractivity contribution is -0.140. The molecule has 1 aromatic carbocycles. The summed E-state index contributed by atoms with van der Waals surface area (Å²) < 4.78 is 19.2. The van der Waals surface area contributed by atoms with Crippen LogP contribution in [0.2, 0.25) is 0 Å². The van der Waals surface area contributed by atoms with Crippen LogP contribution in [-0.2, 0) is 16.1 Å². The van der Waals surface area contributed by atoms with Gasteiger partial charge >= 0.3 is 13.1 Å². The van der Waals surface area contributed by atoms with E-state index in [0.29, 0.717) is 5.56 Å². The Morgan fingerprint density at radius 3 is 2.67 bits per heavy atom. The highest BCUT2D eigenvalue weighted by Gasteiger charge is 2.34. The third kappa shape index (κ3) is 2.91. The molecule has 112 valence electrons. The van der Waals surface area contributed by atoms with Crippen LogP contribution in [0.3, 0.4) is 0 Å². The number of fused-ring (bicyclic) bond motifs is 1. The fourth-order valence-corrected chi connectivity index (χ4v) is 2.19. The second kappa shape index (κ2) is 5.83. The van der Waals surface area contributed by atoms with E-state index in [-0.39, 0.29) is 23.6 Å². The van der Waals surface area contributed by atoms with E-state index in [1.165, 1.54) is 12.1 Å². The largest absolute Gasteiger partial charge is 0.494 e. The van der Waals surface area contributed by atoms with Crippen LogP contribution >= 0.6 is 0 Å². The number of halogens is 1. The topological polar surface area (TPSA) is 95.9 Å². The predicted octanol–water partition coefficient (Wildman–Crippen LogP) is -0.118. The fourth-order valence-electron chi connectivity index (χ4n) is 2.19. The Hall–Kier alpha value is -1.93. The number of amides is 1. The molecule has 0 aromatic heterocycles. The lowest BCUT2D eigenvalue weighted by atomic mass is 9.78. The van der Waals surface area contributed by atoms with Crippen molar-refractivity contribution in [1.29, 1.82) is 0 Å². The minimum absolute atomic E-state index is 0.0685. The van der Waals surface area contributed by atoms with E-state index >= 15 is 0 Å². The molecule has 1 aromatic rings. The predicted molar refractivity (Wildman–Crippen MR) is 72.5 cm³/mol. The SMILES string of the molecule is CC(C)C(NC(=O)c1ccc2c(c1F)B(O)OC2)C(=O)O. The van der Waals surface area contributed by atoms with Crippen LogP contribution in [0.1, 0.15) is 29.8 Å². The van der Waals surface area contributed by atoms with Crippen molar-refractivity contribution in [1.82, 2.24) is 5.32 Å². The summed E-state index contributed by atoms with van der Waals surface area (Å²) in [5, 5.41) is 20.9. The van der Waals surface area contributed by atoms with Crippen molar-refractivity contribution in [2.45, 2.75) is 26.5 Å². The van der Waals surface area contributed by atoms with Gasteiger partial charge in [-0.05, 0) is 17.5 Å². The van der Waals surface area contributed by atoms with Gasteiger partial charge in [-0.2, -0.15) is 0 Å². The van der Waals surface area contributed by atoms with Gasteiger partial charge in [-0.15, -0.1) is 0 Å². The quantitative estimate of drug-likeness (QED) is 0.673. The molecule has 8 heteroatoms. The molecule has 6 nitrogen and oxygen atoms in total. The Kier molecular flexibility index (Phi) is 4.29. The number of carbonyl (C=O) groups is 2. The molecule has 3 N–H and O–H groups in total. The molecule has 0 bridgehead atoms. The van der Waals surface area contributed by atoms with Gasteiger partial charge in [-0.1, -0.05) is 19.9 Å². The molecule has 21 heavy (non-hydrogen) atoms. The molecule has 1 atom stereocenters. The van der Waals surface area contributed by atoms with Crippen molar-refractivity contribution < 1.29 is 28.8 Å². The fraction of sp³-hybridized carbons (Fsp3) is 0.385. The molecule has 0 spiro atoms. The van der Waals surface area contributed by atoms with Gasteiger partial charge in [0, 0.05) is 5.46 Å². The van der Waals surface area contributed by atoms with E-state index in [0.717, 1.165) is 0 Å². The summed E-state index contributed by atoms with van der Waals surface area (Å²) in [4.78, 5) is 23.1. The number of carboxylic acid groups (broad SMARTS) is 1. The van der Waals surface area contributed by atoms with Gasteiger partial charge in [0.15, 0.2) is 0 Å². The van der Waals surface area contributed by atoms with Crippen LogP contribution in [-0.4, -0.2) is 35.2 Å². The number of rotatable bonds is 4. The molecule has 2 rings (SSSR count). The molecule has 1 aliphatic rings. The van der Waals surface area contributed by atoms with Gasteiger partial charge < -0.3 is 20.1 Å². The van der Waals surface area contributed by atoms with E-state index < -0.39 is 30.9 Å². The zero-order valence-corrected chi connectivity index (χ0v) is 11.6. The highest BCUT2D eigenvalue weighted by molar-refractivity contribution is 6.61. The highest BCUT2D eigenvalue weighted by Crippen LogP contribution is 2.16. The molecule has 0 aliphatic carbocycles. The zero-order valence-electron chi connectivity index (χ0n) is 11.6. The third-order valence-electron chi connectivity index (χ3n) is 3.38. The van der Waals surface area contributed by atoms with Gasteiger partial charge in [-0.25, -0.2) is 9.18 Å². The zero-order chi connectivity index (χ0) is 15.7. The lowest BCUT2D eigenvalue weighted by Crippen LogP contribution is -2.45. The van der Waals surface area contributed by atoms with Gasteiger partial charge in [0.25, 0.3) is 5.91 Å². The van der Waals surface area contributed by atoms with Gasteiger partial charge in [-0.3, -0.25) is 4.79 Å². The second-order valence-corrected chi connectivity index (χ2v) is 5.20. The summed E-state index contributed by atoms with van der Waals surface area (Å²) in [6, 6.07) is 1.62. The summed E-state index contributed by atoms with van der Waals surface area (Å²) in [7, 11) is -1.41. The van der Waals surface area contributed by atoms with Crippen LogP contribution < -0.4 is 10.8 Å². The Labute approximate surface area is 121 Å². The summed E-state index contributed by atoms with van der Waals surface area (Å²) in [5.41, 5.74) is 0.0828. The number of hydrogen-bond donors (Lipinski definition) is 3. The molecular weight excluding hydrogens is 280 g/mol. The average molecular weight is 295 g/mol. The molecule has 0 fully saturated rings. The van der Waals surface area contributed by atoms with Crippen LogP contribution in [0.4, 0.5) is 4.39 Å². The first-order valence-corrected chi connectivity index (χ1v) is 6.47. The van der Waals surface area contributed by atoms with Crippen molar-refractivity contribution in [3.8, 4) is 0 Å². The Balaban J connectivity index is 2.29. The first kappa shape index (κ1) is 15.5. The summed E-state index contributed by atoms with van der Waals surface area (Å²) in [5.74, 6) is -3.26. The van der Waals surface area contributed by atoms with E-state index in [1.54, 1.807) is 13.8 Å². The van der Waals surface area contributed by atoms with Crippen LogP contribution in [0, 0.1) is 11.7 Å². The molecular formula is C13H15BFNO5. The number of carboxylic acids is 1. The molecule has 1 amide bonds. The lowest BCUT2D eigenvalue weighted by Gasteiger charge is -2.18. The first-order chi connectivity index (χ1) is 9.82. The summed E-state index contributed by atoms with van der Waals surface area (Å²) in [6.07, 6.45) is 0. The van der Waals surface area contributed by atoms with Crippen LogP contribution in [0.15, 0.2) is 12.1 Å². The maximum atomic E-state index is 14.3. The minimum atomic E-state index is -1.41. The third-order valence-corrected chi connectivity index (χ3v) is 3.38. The molecule has 0 saturated carbocycles. The maximum absolute atomic E-state index is 14.3. The van der Waals surface area contributed by atoms with E-state index in [2.05, 4.69) is 5.32 Å². The van der Waals surface area contributed by atoms with E-state index in [9.17, 15) is 19.0 Å². The Morgan fingerprint density at radius 2 is 2.10 bits per heavy atom. The maximum Gasteiger partial charge on any atom is 0.494 e. The van der Waals surface area contributed by atoms with Crippen molar-refractivity contribution in [2.24, 2.45) is 5.92 Å². The second-order valence-electron chi connectivity index (χ2n) is 5.20.